The highest BCUT2D eigenvalue weighted by atomic mass is 16.5. The first kappa shape index (κ1) is 25.1. The molecule has 2 rings (SSSR count). The fourth-order valence-electron chi connectivity index (χ4n) is 3.45. The van der Waals surface area contributed by atoms with Crippen molar-refractivity contribution in [2.75, 3.05) is 34.3 Å². The van der Waals surface area contributed by atoms with Crippen LogP contribution < -0.4 is 4.74 Å². The van der Waals surface area contributed by atoms with Gasteiger partial charge in [0, 0.05) is 6.21 Å². The minimum absolute atomic E-state index is 0.724. The molecule has 170 valence electrons. The second-order valence-electron chi connectivity index (χ2n) is 9.58. The number of quaternary nitrogens is 1. The molecule has 0 amide bonds. The van der Waals surface area contributed by atoms with Gasteiger partial charge >= 0.3 is 0 Å². The third-order valence-electron chi connectivity index (χ3n) is 5.53. The minimum Gasteiger partial charge on any atom is -0.488 e. The van der Waals surface area contributed by atoms with E-state index in [1.807, 2.05) is 18.3 Å². The number of hydrogen-bond donors (Lipinski definition) is 0. The van der Waals surface area contributed by atoms with Crippen molar-refractivity contribution in [3.63, 3.8) is 0 Å². The van der Waals surface area contributed by atoms with Gasteiger partial charge in [-0.25, -0.2) is 0 Å². The van der Waals surface area contributed by atoms with E-state index in [4.69, 9.17) is 4.74 Å². The Labute approximate surface area is 190 Å². The molecule has 0 fully saturated rings. The van der Waals surface area contributed by atoms with Gasteiger partial charge in [0.15, 0.2) is 0 Å². The monoisotopic (exact) mass is 423 g/mol. The SMILES string of the molecule is CCCCCCCCCCc1ccc(N=Cc2ccc(OCC[N+](C)(C)C)cc2)cc1. The second-order valence-corrected chi connectivity index (χ2v) is 9.58. The summed E-state index contributed by atoms with van der Waals surface area (Å²) in [5.41, 5.74) is 3.50. The molecule has 0 bridgehead atoms. The highest BCUT2D eigenvalue weighted by molar-refractivity contribution is 5.82. The first-order valence-electron chi connectivity index (χ1n) is 12.1. The summed E-state index contributed by atoms with van der Waals surface area (Å²) < 4.78 is 6.73. The van der Waals surface area contributed by atoms with Gasteiger partial charge in [-0.15, -0.1) is 0 Å². The van der Waals surface area contributed by atoms with Gasteiger partial charge in [0.25, 0.3) is 0 Å². The molecular formula is C28H43N2O+. The summed E-state index contributed by atoms with van der Waals surface area (Å²) in [4.78, 5) is 4.62. The van der Waals surface area contributed by atoms with Gasteiger partial charge in [-0.05, 0) is 60.4 Å². The van der Waals surface area contributed by atoms with Crippen LogP contribution in [-0.4, -0.2) is 45.0 Å². The lowest BCUT2D eigenvalue weighted by Gasteiger charge is -2.23. The van der Waals surface area contributed by atoms with Crippen LogP contribution in [0.3, 0.4) is 0 Å². The number of ether oxygens (including phenoxy) is 1. The van der Waals surface area contributed by atoms with Crippen LogP contribution in [-0.2, 0) is 6.42 Å². The number of likely N-dealkylation sites (N-methyl/N-ethyl adjacent to an activating group) is 1. The zero-order valence-corrected chi connectivity index (χ0v) is 20.3. The number of benzene rings is 2. The van der Waals surface area contributed by atoms with Gasteiger partial charge in [-0.2, -0.15) is 0 Å². The quantitative estimate of drug-likeness (QED) is 0.168. The topological polar surface area (TPSA) is 21.6 Å². The van der Waals surface area contributed by atoms with Gasteiger partial charge in [0.2, 0.25) is 0 Å². The fourth-order valence-corrected chi connectivity index (χ4v) is 3.45. The molecule has 0 aliphatic heterocycles. The summed E-state index contributed by atoms with van der Waals surface area (Å²) in [5, 5.41) is 0. The Hall–Kier alpha value is -2.13. The third kappa shape index (κ3) is 11.7. The molecule has 0 unspecified atom stereocenters. The maximum atomic E-state index is 5.82. The zero-order chi connectivity index (χ0) is 22.4. The number of unbranched alkanes of at least 4 members (excludes halogenated alkanes) is 7. The Kier molecular flexibility index (Phi) is 11.4. The molecule has 2 aromatic rings. The Morgan fingerprint density at radius 2 is 1.39 bits per heavy atom. The molecule has 0 radical (unpaired) electrons. The van der Waals surface area contributed by atoms with Crippen molar-refractivity contribution in [3.8, 4) is 5.75 Å². The van der Waals surface area contributed by atoms with Crippen molar-refractivity contribution in [1.29, 1.82) is 0 Å². The van der Waals surface area contributed by atoms with E-state index in [1.54, 1.807) is 0 Å². The van der Waals surface area contributed by atoms with E-state index in [9.17, 15) is 0 Å². The van der Waals surface area contributed by atoms with Crippen LogP contribution in [0, 0.1) is 0 Å². The highest BCUT2D eigenvalue weighted by Crippen LogP contribution is 2.17. The standard InChI is InChI=1S/C28H43N2O/c1-5-6-7-8-9-10-11-12-13-25-14-18-27(19-15-25)29-24-26-16-20-28(21-17-26)31-23-22-30(2,3)4/h14-21,24H,5-13,22-23H2,1-4H3/q+1. The summed E-state index contributed by atoms with van der Waals surface area (Å²) in [5.74, 6) is 0.913. The molecule has 0 aliphatic rings. The molecule has 0 saturated carbocycles. The maximum absolute atomic E-state index is 5.82. The van der Waals surface area contributed by atoms with Crippen LogP contribution in [0.25, 0.3) is 0 Å². The third-order valence-corrected chi connectivity index (χ3v) is 5.53. The number of aryl methyl sites for hydroxylation is 1. The molecule has 3 nitrogen and oxygen atoms in total. The van der Waals surface area contributed by atoms with Crippen molar-refractivity contribution < 1.29 is 9.22 Å². The lowest BCUT2D eigenvalue weighted by Crippen LogP contribution is -2.38. The Morgan fingerprint density at radius 3 is 2.00 bits per heavy atom. The van der Waals surface area contributed by atoms with Crippen LogP contribution in [0.15, 0.2) is 53.5 Å². The lowest BCUT2D eigenvalue weighted by molar-refractivity contribution is -0.870. The van der Waals surface area contributed by atoms with E-state index in [-0.39, 0.29) is 0 Å². The van der Waals surface area contributed by atoms with Gasteiger partial charge < -0.3 is 9.22 Å². The molecule has 31 heavy (non-hydrogen) atoms. The van der Waals surface area contributed by atoms with Crippen LogP contribution in [0.4, 0.5) is 5.69 Å². The number of nitrogens with zero attached hydrogens (tertiary/aromatic N) is 2. The summed E-state index contributed by atoms with van der Waals surface area (Å²) >= 11 is 0. The Bertz CT molecular complexity index is 742. The van der Waals surface area contributed by atoms with Crippen LogP contribution in [0.1, 0.15) is 69.4 Å². The first-order valence-corrected chi connectivity index (χ1v) is 12.1. The fraction of sp³-hybridized carbons (Fsp3) is 0.536. The molecule has 0 N–H and O–H groups in total. The van der Waals surface area contributed by atoms with Gasteiger partial charge in [-0.1, -0.05) is 64.0 Å². The summed E-state index contributed by atoms with van der Waals surface area (Å²) in [7, 11) is 6.52. The van der Waals surface area contributed by atoms with Crippen LogP contribution in [0.5, 0.6) is 5.75 Å². The molecule has 0 aromatic heterocycles. The normalized spacial score (nSPS) is 11.9. The molecule has 3 heteroatoms. The Balaban J connectivity index is 1.68. The van der Waals surface area contributed by atoms with Crippen molar-refractivity contribution in [2.45, 2.75) is 64.7 Å². The molecule has 0 heterocycles. The number of hydrogen-bond acceptors (Lipinski definition) is 2. The number of aliphatic imine (C=N–C) groups is 1. The van der Waals surface area contributed by atoms with Crippen molar-refractivity contribution in [3.05, 3.63) is 59.7 Å². The van der Waals surface area contributed by atoms with E-state index in [0.717, 1.165) is 34.6 Å². The van der Waals surface area contributed by atoms with Gasteiger partial charge in [0.1, 0.15) is 18.9 Å². The molecule has 2 aromatic carbocycles. The van der Waals surface area contributed by atoms with E-state index < -0.39 is 0 Å². The van der Waals surface area contributed by atoms with Crippen LogP contribution >= 0.6 is 0 Å². The highest BCUT2D eigenvalue weighted by Gasteiger charge is 2.06. The van der Waals surface area contributed by atoms with E-state index in [2.05, 4.69) is 69.5 Å². The Morgan fingerprint density at radius 1 is 0.774 bits per heavy atom. The zero-order valence-electron chi connectivity index (χ0n) is 20.3. The minimum atomic E-state index is 0.724. The van der Waals surface area contributed by atoms with Gasteiger partial charge in [0.05, 0.1) is 26.8 Å². The number of rotatable bonds is 15. The maximum Gasteiger partial charge on any atom is 0.137 e. The van der Waals surface area contributed by atoms with Crippen molar-refractivity contribution >= 4 is 11.9 Å². The van der Waals surface area contributed by atoms with E-state index in [1.165, 1.54) is 63.4 Å². The predicted molar refractivity (Wildman–Crippen MR) is 135 cm³/mol. The lowest BCUT2D eigenvalue weighted by atomic mass is 10.0. The molecule has 0 saturated heterocycles. The van der Waals surface area contributed by atoms with Crippen LogP contribution in [0.2, 0.25) is 0 Å². The first-order chi connectivity index (χ1) is 15.0. The van der Waals surface area contributed by atoms with E-state index >= 15 is 0 Å². The second kappa shape index (κ2) is 14.0. The average Bonchev–Trinajstić information content (AvgIpc) is 2.75. The summed E-state index contributed by atoms with van der Waals surface area (Å²) in [6.45, 7) is 3.99. The molecule has 0 aliphatic carbocycles. The van der Waals surface area contributed by atoms with E-state index in [0.29, 0.717) is 0 Å². The summed E-state index contributed by atoms with van der Waals surface area (Å²) in [6, 6.07) is 16.8. The molecule has 0 atom stereocenters. The van der Waals surface area contributed by atoms with Crippen molar-refractivity contribution in [2.24, 2.45) is 4.99 Å². The largest absolute Gasteiger partial charge is 0.488 e. The molecular weight excluding hydrogens is 380 g/mol. The van der Waals surface area contributed by atoms with Gasteiger partial charge in [-0.3, -0.25) is 4.99 Å². The molecule has 0 spiro atoms. The van der Waals surface area contributed by atoms with Crippen molar-refractivity contribution in [1.82, 2.24) is 0 Å². The predicted octanol–water partition coefficient (Wildman–Crippen LogP) is 7.21. The summed E-state index contributed by atoms with van der Waals surface area (Å²) in [6.07, 6.45) is 14.1. The smallest absolute Gasteiger partial charge is 0.137 e. The average molecular weight is 424 g/mol.